The zero-order valence-corrected chi connectivity index (χ0v) is 16.2. The fourth-order valence-electron chi connectivity index (χ4n) is 2.99. The number of benzene rings is 1. The predicted molar refractivity (Wildman–Crippen MR) is 106 cm³/mol. The molecule has 1 aliphatic heterocycles. The number of thiazole rings is 1. The van der Waals surface area contributed by atoms with Crippen LogP contribution in [0.15, 0.2) is 34.6 Å². The molecule has 2 heterocycles. The molecule has 26 heavy (non-hydrogen) atoms. The molecule has 1 aliphatic rings. The van der Waals surface area contributed by atoms with Crippen LogP contribution in [0.25, 0.3) is 0 Å². The van der Waals surface area contributed by atoms with Gasteiger partial charge in [0.2, 0.25) is 0 Å². The second-order valence-electron chi connectivity index (χ2n) is 6.21. The Balaban J connectivity index is 1.60. The largest absolute Gasteiger partial charge is 0.368 e. The van der Waals surface area contributed by atoms with Crippen LogP contribution in [-0.2, 0) is 13.0 Å². The molecular weight excluding hydrogens is 349 g/mol. The fraction of sp³-hybridized carbons (Fsp3) is 0.474. The Morgan fingerprint density at radius 3 is 2.54 bits per heavy atom. The molecule has 0 radical (unpaired) electrons. The minimum Gasteiger partial charge on any atom is -0.368 e. The van der Waals surface area contributed by atoms with Crippen molar-refractivity contribution in [3.05, 3.63) is 46.2 Å². The minimum atomic E-state index is -0.192. The van der Waals surface area contributed by atoms with Gasteiger partial charge >= 0.3 is 0 Å². The van der Waals surface area contributed by atoms with E-state index in [0.29, 0.717) is 6.54 Å². The molecule has 1 N–H and O–H groups in total. The van der Waals surface area contributed by atoms with Gasteiger partial charge in [0.1, 0.15) is 5.82 Å². The molecule has 1 saturated heterocycles. The standard InChI is InChI=1S/C19H26FN5S/c1-3-18-23-16(14-26-18)13-22-19(21-4-2)25-11-9-24(10-12-25)17-7-5-15(20)6-8-17/h5-8,14H,3-4,9-13H2,1-2H3,(H,21,22). The lowest BCUT2D eigenvalue weighted by Gasteiger charge is -2.37. The number of hydrogen-bond acceptors (Lipinski definition) is 4. The van der Waals surface area contributed by atoms with Crippen molar-refractivity contribution in [2.75, 3.05) is 37.6 Å². The number of rotatable bonds is 5. The summed E-state index contributed by atoms with van der Waals surface area (Å²) in [6, 6.07) is 6.73. The summed E-state index contributed by atoms with van der Waals surface area (Å²) in [5.41, 5.74) is 2.11. The van der Waals surface area contributed by atoms with Crippen molar-refractivity contribution in [1.29, 1.82) is 0 Å². The Bertz CT molecular complexity index is 720. The van der Waals surface area contributed by atoms with Gasteiger partial charge < -0.3 is 15.1 Å². The summed E-state index contributed by atoms with van der Waals surface area (Å²) < 4.78 is 13.1. The van der Waals surface area contributed by atoms with Crippen LogP contribution in [-0.4, -0.2) is 48.6 Å². The first kappa shape index (κ1) is 18.6. The molecule has 1 aromatic carbocycles. The van der Waals surface area contributed by atoms with E-state index in [4.69, 9.17) is 4.99 Å². The SMILES string of the molecule is CCNC(=NCc1csc(CC)n1)N1CCN(c2ccc(F)cc2)CC1. The number of anilines is 1. The molecule has 7 heteroatoms. The van der Waals surface area contributed by atoms with Gasteiger partial charge in [-0.05, 0) is 37.6 Å². The molecular formula is C19H26FN5S. The molecule has 0 atom stereocenters. The Morgan fingerprint density at radius 2 is 1.92 bits per heavy atom. The van der Waals surface area contributed by atoms with Gasteiger partial charge in [0.25, 0.3) is 0 Å². The van der Waals surface area contributed by atoms with E-state index in [2.05, 4.69) is 39.3 Å². The van der Waals surface area contributed by atoms with Gasteiger partial charge in [-0.15, -0.1) is 11.3 Å². The van der Waals surface area contributed by atoms with E-state index >= 15 is 0 Å². The van der Waals surface area contributed by atoms with Crippen LogP contribution in [0, 0.1) is 5.82 Å². The van der Waals surface area contributed by atoms with Gasteiger partial charge in [0.05, 0.1) is 17.2 Å². The van der Waals surface area contributed by atoms with Crippen LogP contribution in [0.5, 0.6) is 0 Å². The lowest BCUT2D eigenvalue weighted by atomic mass is 10.2. The van der Waals surface area contributed by atoms with Crippen LogP contribution in [0.4, 0.5) is 10.1 Å². The maximum atomic E-state index is 13.1. The number of aryl methyl sites for hydroxylation is 1. The predicted octanol–water partition coefficient (Wildman–Crippen LogP) is 3.13. The van der Waals surface area contributed by atoms with Crippen LogP contribution >= 0.6 is 11.3 Å². The third-order valence-electron chi connectivity index (χ3n) is 4.40. The number of guanidine groups is 1. The summed E-state index contributed by atoms with van der Waals surface area (Å²) in [6.07, 6.45) is 0.972. The Morgan fingerprint density at radius 1 is 1.19 bits per heavy atom. The van der Waals surface area contributed by atoms with Crippen LogP contribution in [0.3, 0.4) is 0 Å². The summed E-state index contributed by atoms with van der Waals surface area (Å²) >= 11 is 1.70. The highest BCUT2D eigenvalue weighted by Crippen LogP contribution is 2.17. The summed E-state index contributed by atoms with van der Waals surface area (Å²) in [5.74, 6) is 0.750. The fourth-order valence-corrected chi connectivity index (χ4v) is 3.73. The smallest absolute Gasteiger partial charge is 0.194 e. The molecule has 1 fully saturated rings. The van der Waals surface area contributed by atoms with Gasteiger partial charge in [-0.25, -0.2) is 14.4 Å². The molecule has 0 spiro atoms. The number of aliphatic imine (C=N–C) groups is 1. The van der Waals surface area contributed by atoms with Crippen LogP contribution in [0.2, 0.25) is 0 Å². The zero-order chi connectivity index (χ0) is 18.4. The number of piperazine rings is 1. The van der Waals surface area contributed by atoms with Gasteiger partial charge in [-0.2, -0.15) is 0 Å². The number of aromatic nitrogens is 1. The highest BCUT2D eigenvalue weighted by atomic mass is 32.1. The summed E-state index contributed by atoms with van der Waals surface area (Å²) in [4.78, 5) is 13.9. The van der Waals surface area contributed by atoms with Gasteiger partial charge in [-0.3, -0.25) is 0 Å². The quantitative estimate of drug-likeness (QED) is 0.644. The molecule has 140 valence electrons. The molecule has 0 amide bonds. The Kier molecular flexibility index (Phi) is 6.44. The highest BCUT2D eigenvalue weighted by Gasteiger charge is 2.20. The number of nitrogens with one attached hydrogen (secondary N) is 1. The molecule has 0 unspecified atom stereocenters. The van der Waals surface area contributed by atoms with E-state index in [0.717, 1.165) is 61.5 Å². The van der Waals surface area contributed by atoms with E-state index in [1.54, 1.807) is 11.3 Å². The molecule has 5 nitrogen and oxygen atoms in total. The summed E-state index contributed by atoms with van der Waals surface area (Å²) in [7, 11) is 0. The van der Waals surface area contributed by atoms with E-state index in [-0.39, 0.29) is 5.82 Å². The van der Waals surface area contributed by atoms with Crippen molar-refractivity contribution in [2.45, 2.75) is 26.8 Å². The monoisotopic (exact) mass is 375 g/mol. The van der Waals surface area contributed by atoms with E-state index in [1.807, 2.05) is 12.1 Å². The molecule has 0 aliphatic carbocycles. The second-order valence-corrected chi connectivity index (χ2v) is 7.15. The topological polar surface area (TPSA) is 43.8 Å². The average Bonchev–Trinajstić information content (AvgIpc) is 3.14. The molecule has 1 aromatic heterocycles. The highest BCUT2D eigenvalue weighted by molar-refractivity contribution is 7.09. The summed E-state index contributed by atoms with van der Waals surface area (Å²) in [5, 5.41) is 6.64. The number of halogens is 1. The summed E-state index contributed by atoms with van der Waals surface area (Å²) in [6.45, 7) is 9.23. The molecule has 3 rings (SSSR count). The van der Waals surface area contributed by atoms with Crippen molar-refractivity contribution < 1.29 is 4.39 Å². The number of hydrogen-bond donors (Lipinski definition) is 1. The lowest BCUT2D eigenvalue weighted by molar-refractivity contribution is 0.372. The maximum Gasteiger partial charge on any atom is 0.194 e. The van der Waals surface area contributed by atoms with Gasteiger partial charge in [0.15, 0.2) is 5.96 Å². The maximum absolute atomic E-state index is 13.1. The van der Waals surface area contributed by atoms with Gasteiger partial charge in [0, 0.05) is 43.8 Å². The van der Waals surface area contributed by atoms with E-state index < -0.39 is 0 Å². The third kappa shape index (κ3) is 4.72. The van der Waals surface area contributed by atoms with Crippen molar-refractivity contribution in [2.24, 2.45) is 4.99 Å². The first-order valence-electron chi connectivity index (χ1n) is 9.16. The van der Waals surface area contributed by atoms with Crippen LogP contribution < -0.4 is 10.2 Å². The minimum absolute atomic E-state index is 0.192. The lowest BCUT2D eigenvalue weighted by Crippen LogP contribution is -2.52. The Labute approximate surface area is 158 Å². The second kappa shape index (κ2) is 8.98. The Hall–Kier alpha value is -2.15. The number of nitrogens with zero attached hydrogens (tertiary/aromatic N) is 4. The van der Waals surface area contributed by atoms with Crippen LogP contribution in [0.1, 0.15) is 24.5 Å². The average molecular weight is 376 g/mol. The first-order chi connectivity index (χ1) is 12.7. The van der Waals surface area contributed by atoms with Crippen molar-refractivity contribution >= 4 is 23.0 Å². The van der Waals surface area contributed by atoms with E-state index in [9.17, 15) is 4.39 Å². The zero-order valence-electron chi connectivity index (χ0n) is 15.4. The third-order valence-corrected chi connectivity index (χ3v) is 5.44. The van der Waals surface area contributed by atoms with Crippen molar-refractivity contribution in [1.82, 2.24) is 15.2 Å². The van der Waals surface area contributed by atoms with Crippen molar-refractivity contribution in [3.63, 3.8) is 0 Å². The van der Waals surface area contributed by atoms with E-state index in [1.165, 1.54) is 12.1 Å². The first-order valence-corrected chi connectivity index (χ1v) is 10.0. The van der Waals surface area contributed by atoms with Gasteiger partial charge in [-0.1, -0.05) is 6.92 Å². The normalized spacial score (nSPS) is 15.4. The van der Waals surface area contributed by atoms with Crippen molar-refractivity contribution in [3.8, 4) is 0 Å². The molecule has 0 bridgehead atoms. The molecule has 0 saturated carbocycles. The molecule has 2 aromatic rings.